The molecule has 1 atom stereocenters. The molecule has 14 rings (SSSR count). The van der Waals surface area contributed by atoms with Gasteiger partial charge in [-0.15, -0.1) is 0 Å². The van der Waals surface area contributed by atoms with Crippen LogP contribution in [-0.4, -0.2) is 15.2 Å². The van der Waals surface area contributed by atoms with E-state index >= 15 is 0 Å². The molecule has 2 N–H and O–H groups in total. The smallest absolute Gasteiger partial charge is 0.115 e. The minimum atomic E-state index is -0.607. The van der Waals surface area contributed by atoms with E-state index in [1.165, 1.54) is 63.7 Å². The summed E-state index contributed by atoms with van der Waals surface area (Å²) >= 11 is 0. The topological polar surface area (TPSA) is 53.4 Å². The first-order valence-electron chi connectivity index (χ1n) is 31.9. The minimum absolute atomic E-state index is 0. The first-order valence-corrected chi connectivity index (χ1v) is 37.3. The van der Waals surface area contributed by atoms with E-state index in [0.717, 1.165) is 11.3 Å². The van der Waals surface area contributed by atoms with Crippen LogP contribution in [0.1, 0.15) is 32.6 Å². The molecule has 0 spiro atoms. The first-order chi connectivity index (χ1) is 46.7. The zero-order chi connectivity index (χ0) is 65.7. The Morgan fingerprint density at radius 2 is 0.417 bits per heavy atom. The van der Waals surface area contributed by atoms with Gasteiger partial charge in [0.1, 0.15) is 11.9 Å². The zero-order valence-electron chi connectivity index (χ0n) is 54.2. The molecule has 8 heteroatoms. The van der Waals surface area contributed by atoms with Crippen molar-refractivity contribution in [1.29, 1.82) is 0 Å². The van der Waals surface area contributed by atoms with Crippen molar-refractivity contribution in [3.8, 4) is 17.0 Å². The number of aromatic hydroxyl groups is 1. The Morgan fingerprint density at radius 1 is 0.240 bits per heavy atom. The van der Waals surface area contributed by atoms with Crippen LogP contribution >= 0.6 is 31.7 Å². The molecule has 478 valence electrons. The molecule has 3 nitrogen and oxygen atoms in total. The summed E-state index contributed by atoms with van der Waals surface area (Å²) in [6.45, 7) is 5.94. The number of aromatic nitrogens is 1. The van der Waals surface area contributed by atoms with Gasteiger partial charge in [0.05, 0.1) is 11.4 Å². The van der Waals surface area contributed by atoms with Gasteiger partial charge >= 0.3 is 0 Å². The first kappa shape index (κ1) is 71.4. The van der Waals surface area contributed by atoms with Crippen molar-refractivity contribution in [3.63, 3.8) is 0 Å². The summed E-state index contributed by atoms with van der Waals surface area (Å²) < 4.78 is 0. The molecule has 1 heterocycles. The van der Waals surface area contributed by atoms with Crippen LogP contribution in [0.2, 0.25) is 0 Å². The quantitative estimate of drug-likeness (QED) is 0.0843. The molecule has 0 amide bonds. The molecule has 96 heavy (non-hydrogen) atoms. The van der Waals surface area contributed by atoms with E-state index in [4.69, 9.17) is 0 Å². The van der Waals surface area contributed by atoms with Crippen LogP contribution in [-0.2, 0) is 20.4 Å². The Labute approximate surface area is 588 Å². The predicted octanol–water partition coefficient (Wildman–Crippen LogP) is 17.3. The fourth-order valence-corrected chi connectivity index (χ4v) is 19.8. The second-order valence-electron chi connectivity index (χ2n) is 23.1. The fourth-order valence-electron chi connectivity index (χ4n) is 10.6. The minimum Gasteiger partial charge on any atom is -0.508 e. The number of phenolic OH excluding ortho intramolecular Hbond substituents is 1. The van der Waals surface area contributed by atoms with Crippen molar-refractivity contribution >= 4 is 95.3 Å². The average Bonchev–Trinajstić information content (AvgIpc) is 0.966. The van der Waals surface area contributed by atoms with Crippen molar-refractivity contribution in [2.45, 2.75) is 26.9 Å². The summed E-state index contributed by atoms with van der Waals surface area (Å²) in [5.74, 6) is 0.231. The van der Waals surface area contributed by atoms with Gasteiger partial charge in [0, 0.05) is 26.0 Å². The summed E-state index contributed by atoms with van der Waals surface area (Å²) in [4.78, 5) is 4.51. The zero-order valence-corrected chi connectivity index (χ0v) is 59.3. The number of rotatable bonds is 14. The van der Waals surface area contributed by atoms with Crippen LogP contribution in [0.15, 0.2) is 406 Å². The van der Waals surface area contributed by atoms with E-state index < -0.39 is 37.8 Å². The number of hydrogen-bond acceptors (Lipinski definition) is 3. The Morgan fingerprint density at radius 3 is 0.583 bits per heavy atom. The van der Waals surface area contributed by atoms with Gasteiger partial charge in [-0.1, -0.05) is 391 Å². The SMILES string of the molecule is CC(C)(C)[C@@H](O)c1cccc(-c2ccc(O)cc2)n1.[Pd].c1ccc(P(c2ccccc2)c2ccccc2)cc1.c1ccc(P(c2ccccc2)c2ccccc2)cc1.c1ccc(P(c2ccccc2)c2ccccc2)cc1.c1ccc(P(c2ccccc2)c2ccccc2)cc1. The molecule has 0 aliphatic carbocycles. The largest absolute Gasteiger partial charge is 0.508 e. The number of nitrogens with zero attached hydrogens (tertiary/aromatic N) is 1. The van der Waals surface area contributed by atoms with Crippen LogP contribution in [0.4, 0.5) is 0 Å². The monoisotopic (exact) mass is 1410 g/mol. The molecule has 0 aliphatic heterocycles. The van der Waals surface area contributed by atoms with Gasteiger partial charge in [0.25, 0.3) is 0 Å². The molecule has 0 fully saturated rings. The number of hydrogen-bond donors (Lipinski definition) is 2. The van der Waals surface area contributed by atoms with E-state index in [9.17, 15) is 10.2 Å². The summed E-state index contributed by atoms with van der Waals surface area (Å²) in [5, 5.41) is 36.3. The fraction of sp³-hybridized carbons (Fsp3) is 0.0568. The van der Waals surface area contributed by atoms with E-state index in [2.05, 4.69) is 369 Å². The van der Waals surface area contributed by atoms with Crippen molar-refractivity contribution in [3.05, 3.63) is 412 Å². The van der Waals surface area contributed by atoms with Crippen LogP contribution in [0.25, 0.3) is 11.3 Å². The van der Waals surface area contributed by atoms with Gasteiger partial charge in [-0.05, 0) is 137 Å². The van der Waals surface area contributed by atoms with E-state index in [1.807, 2.05) is 51.1 Å². The summed E-state index contributed by atoms with van der Waals surface area (Å²) in [7, 11) is -1.78. The van der Waals surface area contributed by atoms with Crippen molar-refractivity contribution in [2.24, 2.45) is 5.41 Å². The van der Waals surface area contributed by atoms with Crippen LogP contribution in [0.5, 0.6) is 5.75 Å². The number of aliphatic hydroxyl groups excluding tert-OH is 1. The number of phenols is 1. The second kappa shape index (κ2) is 38.0. The molecular weight excluding hydrogens is 1330 g/mol. The third-order valence-electron chi connectivity index (χ3n) is 15.2. The second-order valence-corrected chi connectivity index (χ2v) is 32.0. The summed E-state index contributed by atoms with van der Waals surface area (Å²) in [5.41, 5.74) is 2.13. The number of pyridine rings is 1. The van der Waals surface area contributed by atoms with Gasteiger partial charge in [0.2, 0.25) is 0 Å². The van der Waals surface area contributed by atoms with E-state index in [-0.39, 0.29) is 31.6 Å². The molecule has 0 radical (unpaired) electrons. The third-order valence-corrected chi connectivity index (χ3v) is 25.0. The molecular formula is C88H79NO2P4Pd. The molecule has 0 saturated heterocycles. The van der Waals surface area contributed by atoms with Crippen LogP contribution < -0.4 is 63.7 Å². The standard InChI is InChI=1S/4C18H15P.C16H19NO2.Pd/c4*1-4-10-16(11-5-1)19(17-12-6-2-7-13-17)18-14-8-3-9-15-18;1-16(2,3)15(19)14-6-4-5-13(17-14)11-7-9-12(18)10-8-11;/h4*1-15H;4-10,15,18-19H,1-3H3;/t;;;;15-;/m....0./s1. The van der Waals surface area contributed by atoms with Gasteiger partial charge in [-0.2, -0.15) is 0 Å². The molecule has 1 aromatic heterocycles. The Hall–Kier alpha value is -8.85. The maximum absolute atomic E-state index is 10.3. The van der Waals surface area contributed by atoms with Crippen molar-refractivity contribution in [2.75, 3.05) is 0 Å². The summed E-state index contributed by atoms with van der Waals surface area (Å²) in [6, 6.07) is 142. The Bertz CT molecular complexity index is 3540. The van der Waals surface area contributed by atoms with Crippen molar-refractivity contribution in [1.82, 2.24) is 4.98 Å². The maximum atomic E-state index is 10.3. The molecule has 13 aromatic carbocycles. The van der Waals surface area contributed by atoms with Gasteiger partial charge in [0.15, 0.2) is 0 Å². The van der Waals surface area contributed by atoms with E-state index in [1.54, 1.807) is 12.1 Å². The van der Waals surface area contributed by atoms with Gasteiger partial charge < -0.3 is 10.2 Å². The van der Waals surface area contributed by atoms with Gasteiger partial charge in [-0.25, -0.2) is 0 Å². The molecule has 14 aromatic rings. The Balaban J connectivity index is 0.000000140. The van der Waals surface area contributed by atoms with Crippen molar-refractivity contribution < 1.29 is 30.6 Å². The maximum Gasteiger partial charge on any atom is 0.115 e. The third kappa shape index (κ3) is 21.1. The predicted molar refractivity (Wildman–Crippen MR) is 416 cm³/mol. The van der Waals surface area contributed by atoms with Crippen LogP contribution in [0, 0.1) is 5.41 Å². The molecule has 0 aliphatic rings. The molecule has 0 saturated carbocycles. The molecule has 0 unspecified atom stereocenters. The van der Waals surface area contributed by atoms with E-state index in [0.29, 0.717) is 5.69 Å². The van der Waals surface area contributed by atoms with Gasteiger partial charge in [-0.3, -0.25) is 4.98 Å². The average molecular weight is 1410 g/mol. The number of aliphatic hydroxyl groups is 1. The molecule has 0 bridgehead atoms. The summed E-state index contributed by atoms with van der Waals surface area (Å²) in [6.07, 6.45) is -0.607. The number of benzene rings is 13. The Kier molecular flexibility index (Phi) is 28.3. The normalized spacial score (nSPS) is 11.0. The van der Waals surface area contributed by atoms with Crippen LogP contribution in [0.3, 0.4) is 0 Å².